The van der Waals surface area contributed by atoms with Crippen molar-refractivity contribution >= 4 is 28.6 Å². The van der Waals surface area contributed by atoms with E-state index in [1.54, 1.807) is 7.05 Å². The van der Waals surface area contributed by atoms with E-state index in [0.717, 1.165) is 6.07 Å². The number of aromatic nitrogens is 2. The summed E-state index contributed by atoms with van der Waals surface area (Å²) in [6, 6.07) is 2.35. The van der Waals surface area contributed by atoms with Crippen LogP contribution in [-0.4, -0.2) is 27.2 Å². The molecule has 2 aromatic rings. The number of benzene rings is 1. The Balaban J connectivity index is 2.72. The van der Waals surface area contributed by atoms with Crippen molar-refractivity contribution in [2.24, 2.45) is 7.05 Å². The van der Waals surface area contributed by atoms with Gasteiger partial charge in [0.05, 0.1) is 17.0 Å². The van der Waals surface area contributed by atoms with Gasteiger partial charge in [-0.1, -0.05) is 0 Å². The Bertz CT molecular complexity index is 642. The minimum absolute atomic E-state index is 0.0711. The lowest BCUT2D eigenvalue weighted by molar-refractivity contribution is -0.0489. The topological polar surface area (TPSA) is 64.4 Å². The first-order valence-electron chi connectivity index (χ1n) is 5.17. The van der Waals surface area contributed by atoms with Crippen LogP contribution in [0.2, 0.25) is 0 Å². The molecule has 0 saturated heterocycles. The highest BCUT2D eigenvalue weighted by atomic mass is 35.5. The maximum atomic E-state index is 12.3. The summed E-state index contributed by atoms with van der Waals surface area (Å²) in [4.78, 5) is 15.0. The van der Waals surface area contributed by atoms with Crippen molar-refractivity contribution in [1.29, 1.82) is 0 Å². The Morgan fingerprint density at radius 3 is 2.79 bits per heavy atom. The number of alkyl halides is 3. The largest absolute Gasteiger partial charge is 0.478 e. The normalized spacial score (nSPS) is 11.2. The summed E-state index contributed by atoms with van der Waals surface area (Å²) in [6.07, 6.45) is 0. The average Bonchev–Trinajstić information content (AvgIpc) is 2.66. The SMILES string of the molecule is Cn1c(CCl)nc2c(OC(F)F)cc(C(=O)O)cc21. The molecule has 1 heterocycles. The number of halogens is 3. The van der Waals surface area contributed by atoms with Gasteiger partial charge in [-0.15, -0.1) is 11.6 Å². The molecule has 0 atom stereocenters. The highest BCUT2D eigenvalue weighted by molar-refractivity contribution is 6.17. The highest BCUT2D eigenvalue weighted by Crippen LogP contribution is 2.29. The van der Waals surface area contributed by atoms with Crippen LogP contribution in [0, 0.1) is 0 Å². The molecule has 0 aliphatic carbocycles. The minimum Gasteiger partial charge on any atom is -0.478 e. The van der Waals surface area contributed by atoms with Gasteiger partial charge in [-0.2, -0.15) is 8.78 Å². The van der Waals surface area contributed by atoms with Crippen molar-refractivity contribution in [2.75, 3.05) is 0 Å². The zero-order chi connectivity index (χ0) is 14.2. The first kappa shape index (κ1) is 13.5. The fourth-order valence-electron chi connectivity index (χ4n) is 1.73. The van der Waals surface area contributed by atoms with E-state index >= 15 is 0 Å². The molecule has 8 heteroatoms. The summed E-state index contributed by atoms with van der Waals surface area (Å²) in [7, 11) is 1.62. The molecule has 1 aromatic heterocycles. The average molecular weight is 291 g/mol. The molecule has 0 fully saturated rings. The van der Waals surface area contributed by atoms with Gasteiger partial charge < -0.3 is 14.4 Å². The van der Waals surface area contributed by atoms with Crippen LogP contribution >= 0.6 is 11.6 Å². The van der Waals surface area contributed by atoms with Gasteiger partial charge in [0.2, 0.25) is 0 Å². The van der Waals surface area contributed by atoms with E-state index in [1.807, 2.05) is 0 Å². The summed E-state index contributed by atoms with van der Waals surface area (Å²) in [5.74, 6) is -1.02. The molecule has 0 saturated carbocycles. The number of hydrogen-bond acceptors (Lipinski definition) is 3. The van der Waals surface area contributed by atoms with Crippen molar-refractivity contribution < 1.29 is 23.4 Å². The van der Waals surface area contributed by atoms with Crippen LogP contribution in [0.15, 0.2) is 12.1 Å². The number of nitrogens with zero attached hydrogens (tertiary/aromatic N) is 2. The molecule has 2 rings (SSSR count). The zero-order valence-corrected chi connectivity index (χ0v) is 10.5. The molecule has 5 nitrogen and oxygen atoms in total. The summed E-state index contributed by atoms with van der Waals surface area (Å²) < 4.78 is 30.5. The van der Waals surface area contributed by atoms with Crippen LogP contribution in [-0.2, 0) is 12.9 Å². The molecule has 0 radical (unpaired) electrons. The van der Waals surface area contributed by atoms with Gasteiger partial charge in [0.1, 0.15) is 11.3 Å². The minimum atomic E-state index is -3.06. The van der Waals surface area contributed by atoms with Gasteiger partial charge in [0.15, 0.2) is 5.75 Å². The predicted octanol–water partition coefficient (Wildman–Crippen LogP) is 2.61. The molecule has 0 bridgehead atoms. The third kappa shape index (κ3) is 2.46. The standard InChI is InChI=1S/C11H9ClF2N2O3/c1-16-6-2-5(10(17)18)3-7(19-11(13)14)9(6)15-8(16)4-12/h2-3,11H,4H2,1H3,(H,17,18). The number of aryl methyl sites for hydroxylation is 1. The van der Waals surface area contributed by atoms with Gasteiger partial charge in [-0.05, 0) is 12.1 Å². The Hall–Kier alpha value is -1.89. The number of carboxylic acid groups (broad SMARTS) is 1. The van der Waals surface area contributed by atoms with E-state index in [0.29, 0.717) is 11.3 Å². The second-order valence-electron chi connectivity index (χ2n) is 3.75. The van der Waals surface area contributed by atoms with Gasteiger partial charge in [0, 0.05) is 7.05 Å². The number of hydrogen-bond donors (Lipinski definition) is 1. The van der Waals surface area contributed by atoms with Crippen LogP contribution < -0.4 is 4.74 Å². The lowest BCUT2D eigenvalue weighted by Gasteiger charge is -2.06. The lowest BCUT2D eigenvalue weighted by atomic mass is 10.2. The molecule has 1 N–H and O–H groups in total. The highest BCUT2D eigenvalue weighted by Gasteiger charge is 2.18. The number of imidazole rings is 1. The molecule has 102 valence electrons. The molecule has 0 unspecified atom stereocenters. The van der Waals surface area contributed by atoms with Crippen molar-refractivity contribution in [1.82, 2.24) is 9.55 Å². The molecule has 1 aromatic carbocycles. The molecule has 0 aliphatic heterocycles. The van der Waals surface area contributed by atoms with E-state index in [1.165, 1.54) is 10.6 Å². The number of rotatable bonds is 4. The summed E-state index contributed by atoms with van der Waals surface area (Å²) in [5.41, 5.74) is 0.363. The third-order valence-electron chi connectivity index (χ3n) is 2.63. The number of carbonyl (C=O) groups is 1. The Morgan fingerprint density at radius 1 is 1.58 bits per heavy atom. The van der Waals surface area contributed by atoms with Crippen molar-refractivity contribution in [3.8, 4) is 5.75 Å². The third-order valence-corrected chi connectivity index (χ3v) is 2.87. The zero-order valence-electron chi connectivity index (χ0n) is 9.73. The predicted molar refractivity (Wildman–Crippen MR) is 63.9 cm³/mol. The number of carboxylic acids is 1. The molecular weight excluding hydrogens is 282 g/mol. The second-order valence-corrected chi connectivity index (χ2v) is 4.01. The number of aromatic carboxylic acids is 1. The molecule has 19 heavy (non-hydrogen) atoms. The van der Waals surface area contributed by atoms with E-state index < -0.39 is 12.6 Å². The van der Waals surface area contributed by atoms with Crippen LogP contribution in [0.1, 0.15) is 16.2 Å². The van der Waals surface area contributed by atoms with Crippen molar-refractivity contribution in [2.45, 2.75) is 12.5 Å². The summed E-state index contributed by atoms with van der Waals surface area (Å²) in [5, 5.41) is 8.96. The van der Waals surface area contributed by atoms with Crippen LogP contribution in [0.5, 0.6) is 5.75 Å². The molecule has 0 amide bonds. The summed E-state index contributed by atoms with van der Waals surface area (Å²) in [6.45, 7) is -3.06. The maximum absolute atomic E-state index is 12.3. The smallest absolute Gasteiger partial charge is 0.387 e. The van der Waals surface area contributed by atoms with Crippen LogP contribution in [0.3, 0.4) is 0 Å². The van der Waals surface area contributed by atoms with Crippen LogP contribution in [0.4, 0.5) is 8.78 Å². The van der Waals surface area contributed by atoms with E-state index in [2.05, 4.69) is 9.72 Å². The quantitative estimate of drug-likeness (QED) is 0.879. The van der Waals surface area contributed by atoms with Crippen molar-refractivity contribution in [3.05, 3.63) is 23.5 Å². The first-order chi connectivity index (χ1) is 8.93. The van der Waals surface area contributed by atoms with E-state index in [4.69, 9.17) is 16.7 Å². The van der Waals surface area contributed by atoms with E-state index in [-0.39, 0.29) is 22.7 Å². The van der Waals surface area contributed by atoms with E-state index in [9.17, 15) is 13.6 Å². The first-order valence-corrected chi connectivity index (χ1v) is 5.71. The van der Waals surface area contributed by atoms with Gasteiger partial charge >= 0.3 is 12.6 Å². The lowest BCUT2D eigenvalue weighted by Crippen LogP contribution is -2.05. The number of fused-ring (bicyclic) bond motifs is 1. The molecular formula is C11H9ClF2N2O3. The second kappa shape index (κ2) is 5.00. The van der Waals surface area contributed by atoms with Gasteiger partial charge in [0.25, 0.3) is 0 Å². The fraction of sp³-hybridized carbons (Fsp3) is 0.273. The fourth-order valence-corrected chi connectivity index (χ4v) is 1.97. The van der Waals surface area contributed by atoms with Gasteiger partial charge in [-0.3, -0.25) is 0 Å². The monoisotopic (exact) mass is 290 g/mol. The Labute approximate surface area is 111 Å². The Morgan fingerprint density at radius 2 is 2.26 bits per heavy atom. The number of ether oxygens (including phenoxy) is 1. The van der Waals surface area contributed by atoms with Gasteiger partial charge in [-0.25, -0.2) is 9.78 Å². The molecule has 0 spiro atoms. The van der Waals surface area contributed by atoms with Crippen LogP contribution in [0.25, 0.3) is 11.0 Å². The maximum Gasteiger partial charge on any atom is 0.387 e. The summed E-state index contributed by atoms with van der Waals surface area (Å²) >= 11 is 5.68. The Kier molecular flexibility index (Phi) is 3.57. The van der Waals surface area contributed by atoms with Crippen molar-refractivity contribution in [3.63, 3.8) is 0 Å². The molecule has 0 aliphatic rings.